The molecule has 1 aromatic carbocycles. The summed E-state index contributed by atoms with van der Waals surface area (Å²) in [5.74, 6) is 0.165. The van der Waals surface area contributed by atoms with Gasteiger partial charge in [-0.25, -0.2) is 8.42 Å². The van der Waals surface area contributed by atoms with Crippen molar-refractivity contribution in [2.75, 3.05) is 35.0 Å². The summed E-state index contributed by atoms with van der Waals surface area (Å²) in [7, 11) is -3.20. The Morgan fingerprint density at radius 1 is 1.30 bits per heavy atom. The van der Waals surface area contributed by atoms with E-state index in [1.165, 1.54) is 4.31 Å². The summed E-state index contributed by atoms with van der Waals surface area (Å²) in [5.41, 5.74) is 1.27. The topological polar surface area (TPSA) is 78.5 Å². The average molecular weight is 360 g/mol. The molecule has 2 aliphatic heterocycles. The Kier molecular flexibility index (Phi) is 5.89. The molecule has 1 amide bonds. The van der Waals surface area contributed by atoms with Gasteiger partial charge in [0.2, 0.25) is 15.9 Å². The molecular weight excluding hydrogens is 338 g/mol. The molecule has 0 aliphatic carbocycles. The third-order valence-corrected chi connectivity index (χ3v) is 6.04. The van der Waals surface area contributed by atoms with Crippen molar-refractivity contribution < 1.29 is 13.2 Å². The fourth-order valence-corrected chi connectivity index (χ4v) is 4.54. The highest BCUT2D eigenvalue weighted by molar-refractivity contribution is 7.93. The summed E-state index contributed by atoms with van der Waals surface area (Å²) in [6.45, 7) is 2.17. The van der Waals surface area contributed by atoms with Crippen LogP contribution in [-0.4, -0.2) is 39.7 Å². The van der Waals surface area contributed by atoms with Crippen molar-refractivity contribution in [3.8, 4) is 0 Å². The van der Waals surface area contributed by atoms with Crippen LogP contribution in [0.15, 0.2) is 24.3 Å². The lowest BCUT2D eigenvalue weighted by atomic mass is 9.99. The minimum atomic E-state index is -3.20. The minimum Gasteiger partial charge on any atom is -0.326 e. The molecule has 0 radical (unpaired) electrons. The highest BCUT2D eigenvalue weighted by Crippen LogP contribution is 2.26. The summed E-state index contributed by atoms with van der Waals surface area (Å²) in [5, 5.41) is 6.12. The van der Waals surface area contributed by atoms with Gasteiger partial charge in [-0.3, -0.25) is 9.10 Å². The first kappa shape index (κ1) is 18.0. The molecule has 3 rings (SSSR count). The highest BCUT2D eigenvalue weighted by Gasteiger charge is 2.28. The minimum absolute atomic E-state index is 0. The standard InChI is InChI=1S/C15H21N3O3S.ClH/c19-15(12-4-2-7-16-11-12)17-13-5-1-6-14(10-13)18-8-3-9-22(18,20)21;/h1,5-6,10,12,16H,2-4,7-9,11H2,(H,17,19);1H. The Hall–Kier alpha value is -1.31. The number of halogens is 1. The fraction of sp³-hybridized carbons (Fsp3) is 0.533. The third-order valence-electron chi connectivity index (χ3n) is 4.17. The molecule has 2 aliphatic rings. The second-order valence-corrected chi connectivity index (χ2v) is 7.84. The fourth-order valence-electron chi connectivity index (χ4n) is 2.99. The number of hydrogen-bond donors (Lipinski definition) is 2. The van der Waals surface area contributed by atoms with Gasteiger partial charge in [-0.05, 0) is 44.0 Å². The zero-order chi connectivity index (χ0) is 15.6. The number of sulfonamides is 1. The maximum absolute atomic E-state index is 12.2. The predicted octanol–water partition coefficient (Wildman–Crippen LogP) is 1.59. The van der Waals surface area contributed by atoms with Crippen molar-refractivity contribution in [3.05, 3.63) is 24.3 Å². The number of amides is 1. The van der Waals surface area contributed by atoms with Gasteiger partial charge in [0.1, 0.15) is 0 Å². The zero-order valence-corrected chi connectivity index (χ0v) is 14.5. The van der Waals surface area contributed by atoms with Crippen molar-refractivity contribution in [1.29, 1.82) is 0 Å². The molecule has 0 bridgehead atoms. The van der Waals surface area contributed by atoms with Crippen LogP contribution in [0.3, 0.4) is 0 Å². The molecule has 1 aromatic rings. The predicted molar refractivity (Wildman–Crippen MR) is 93.7 cm³/mol. The zero-order valence-electron chi connectivity index (χ0n) is 12.8. The molecule has 0 spiro atoms. The molecule has 1 unspecified atom stereocenters. The Balaban J connectivity index is 0.00000192. The summed E-state index contributed by atoms with van der Waals surface area (Å²) in [6, 6.07) is 7.07. The first-order chi connectivity index (χ1) is 10.6. The SMILES string of the molecule is Cl.O=C(Nc1cccc(N2CCCS2(=O)=O)c1)C1CCCNC1. The van der Waals surface area contributed by atoms with Crippen LogP contribution >= 0.6 is 12.4 Å². The number of nitrogens with zero attached hydrogens (tertiary/aromatic N) is 1. The van der Waals surface area contributed by atoms with Gasteiger partial charge < -0.3 is 10.6 Å². The molecule has 0 saturated carbocycles. The third kappa shape index (κ3) is 4.16. The second kappa shape index (κ2) is 7.51. The first-order valence-electron chi connectivity index (χ1n) is 7.68. The molecule has 8 heteroatoms. The van der Waals surface area contributed by atoms with E-state index in [0.717, 1.165) is 19.4 Å². The summed E-state index contributed by atoms with van der Waals surface area (Å²) in [4.78, 5) is 12.2. The molecule has 6 nitrogen and oxygen atoms in total. The van der Waals surface area contributed by atoms with Crippen molar-refractivity contribution in [3.63, 3.8) is 0 Å². The van der Waals surface area contributed by atoms with Gasteiger partial charge in [-0.15, -0.1) is 12.4 Å². The summed E-state index contributed by atoms with van der Waals surface area (Å²) < 4.78 is 25.4. The van der Waals surface area contributed by atoms with Gasteiger partial charge in [0.25, 0.3) is 0 Å². The van der Waals surface area contributed by atoms with Crippen LogP contribution in [0.25, 0.3) is 0 Å². The molecule has 0 aromatic heterocycles. The molecule has 2 saturated heterocycles. The van der Waals surface area contributed by atoms with Crippen LogP contribution in [0.2, 0.25) is 0 Å². The van der Waals surface area contributed by atoms with Crippen molar-refractivity contribution in [2.24, 2.45) is 5.92 Å². The van der Waals surface area contributed by atoms with Crippen molar-refractivity contribution >= 4 is 39.7 Å². The number of benzene rings is 1. The van der Waals surface area contributed by atoms with Gasteiger partial charge in [0.15, 0.2) is 0 Å². The van der Waals surface area contributed by atoms with E-state index in [0.29, 0.717) is 30.9 Å². The van der Waals surface area contributed by atoms with Crippen LogP contribution in [0.5, 0.6) is 0 Å². The first-order valence-corrected chi connectivity index (χ1v) is 9.29. The molecule has 128 valence electrons. The number of piperidine rings is 1. The van der Waals surface area contributed by atoms with E-state index in [4.69, 9.17) is 0 Å². The number of anilines is 2. The lowest BCUT2D eigenvalue weighted by Crippen LogP contribution is -2.37. The van der Waals surface area contributed by atoms with Crippen LogP contribution in [0, 0.1) is 5.92 Å². The van der Waals surface area contributed by atoms with Crippen LogP contribution in [-0.2, 0) is 14.8 Å². The molecular formula is C15H22ClN3O3S. The van der Waals surface area contributed by atoms with E-state index in [1.54, 1.807) is 24.3 Å². The van der Waals surface area contributed by atoms with E-state index >= 15 is 0 Å². The summed E-state index contributed by atoms with van der Waals surface area (Å²) in [6.07, 6.45) is 2.54. The van der Waals surface area contributed by atoms with E-state index in [-0.39, 0.29) is 30.0 Å². The van der Waals surface area contributed by atoms with E-state index in [1.807, 2.05) is 0 Å². The van der Waals surface area contributed by atoms with Crippen LogP contribution < -0.4 is 14.9 Å². The van der Waals surface area contributed by atoms with E-state index in [2.05, 4.69) is 10.6 Å². The Morgan fingerprint density at radius 2 is 2.13 bits per heavy atom. The van der Waals surface area contributed by atoms with Gasteiger partial charge in [-0.2, -0.15) is 0 Å². The Labute approximate surface area is 143 Å². The molecule has 1 atom stereocenters. The smallest absolute Gasteiger partial charge is 0.235 e. The largest absolute Gasteiger partial charge is 0.326 e. The lowest BCUT2D eigenvalue weighted by molar-refractivity contribution is -0.120. The van der Waals surface area contributed by atoms with E-state index in [9.17, 15) is 13.2 Å². The van der Waals surface area contributed by atoms with Gasteiger partial charge in [0.05, 0.1) is 17.4 Å². The van der Waals surface area contributed by atoms with Gasteiger partial charge >= 0.3 is 0 Å². The maximum Gasteiger partial charge on any atom is 0.235 e. The van der Waals surface area contributed by atoms with Crippen LogP contribution in [0.4, 0.5) is 11.4 Å². The monoisotopic (exact) mass is 359 g/mol. The van der Waals surface area contributed by atoms with E-state index < -0.39 is 10.0 Å². The highest BCUT2D eigenvalue weighted by atomic mass is 35.5. The molecule has 2 fully saturated rings. The van der Waals surface area contributed by atoms with Gasteiger partial charge in [0, 0.05) is 18.8 Å². The number of hydrogen-bond acceptors (Lipinski definition) is 4. The number of carbonyl (C=O) groups excluding carboxylic acids is 1. The average Bonchev–Trinajstić information content (AvgIpc) is 2.88. The molecule has 2 heterocycles. The lowest BCUT2D eigenvalue weighted by Gasteiger charge is -2.22. The number of nitrogens with one attached hydrogen (secondary N) is 2. The summed E-state index contributed by atoms with van der Waals surface area (Å²) >= 11 is 0. The molecule has 2 N–H and O–H groups in total. The Bertz CT molecular complexity index is 660. The number of carbonyl (C=O) groups is 1. The second-order valence-electron chi connectivity index (χ2n) is 5.82. The Morgan fingerprint density at radius 3 is 2.78 bits per heavy atom. The number of rotatable bonds is 3. The normalized spacial score (nSPS) is 23.1. The maximum atomic E-state index is 12.2. The quantitative estimate of drug-likeness (QED) is 0.859. The van der Waals surface area contributed by atoms with Gasteiger partial charge in [-0.1, -0.05) is 6.07 Å². The van der Waals surface area contributed by atoms with Crippen molar-refractivity contribution in [1.82, 2.24) is 5.32 Å². The molecule has 23 heavy (non-hydrogen) atoms. The van der Waals surface area contributed by atoms with Crippen molar-refractivity contribution in [2.45, 2.75) is 19.3 Å². The van der Waals surface area contributed by atoms with Crippen LogP contribution in [0.1, 0.15) is 19.3 Å².